The van der Waals surface area contributed by atoms with E-state index in [1.807, 2.05) is 0 Å². The predicted octanol–water partition coefficient (Wildman–Crippen LogP) is 3.38. The molecule has 5 nitrogen and oxygen atoms in total. The summed E-state index contributed by atoms with van der Waals surface area (Å²) in [4.78, 5) is 26.2. The van der Waals surface area contributed by atoms with Crippen molar-refractivity contribution in [3.8, 4) is 17.2 Å². The first-order chi connectivity index (χ1) is 11.6. The van der Waals surface area contributed by atoms with E-state index in [4.69, 9.17) is 14.2 Å². The zero-order valence-electron chi connectivity index (χ0n) is 13.4. The molecule has 0 heterocycles. The van der Waals surface area contributed by atoms with E-state index in [2.05, 4.69) is 15.9 Å². The third kappa shape index (κ3) is 2.21. The fourth-order valence-corrected chi connectivity index (χ4v) is 3.43. The standard InChI is InChI=1S/C18H15BrO5/c1-22-11-6-4-5-10-13(11)17(21)15-14(16(10)20)12(23-2)7-9(8-19)18(15)24-3/h4-7H,8H2,1-3H3. The van der Waals surface area contributed by atoms with E-state index < -0.39 is 0 Å². The largest absolute Gasteiger partial charge is 0.496 e. The van der Waals surface area contributed by atoms with Crippen molar-refractivity contribution in [2.45, 2.75) is 5.33 Å². The Bertz CT molecular complexity index is 857. The monoisotopic (exact) mass is 390 g/mol. The SMILES string of the molecule is COc1cccc2c1C(=O)c1c(OC)c(CBr)cc(OC)c1C2=O. The maximum absolute atomic E-state index is 13.2. The van der Waals surface area contributed by atoms with Crippen LogP contribution in [0.2, 0.25) is 0 Å². The lowest BCUT2D eigenvalue weighted by Gasteiger charge is -2.24. The molecule has 0 bridgehead atoms. The zero-order chi connectivity index (χ0) is 17.4. The van der Waals surface area contributed by atoms with Gasteiger partial charge in [-0.1, -0.05) is 28.1 Å². The van der Waals surface area contributed by atoms with E-state index in [1.54, 1.807) is 24.3 Å². The molecule has 0 aliphatic heterocycles. The van der Waals surface area contributed by atoms with Gasteiger partial charge in [-0.05, 0) is 12.1 Å². The summed E-state index contributed by atoms with van der Waals surface area (Å²) >= 11 is 3.38. The molecule has 0 unspecified atom stereocenters. The average Bonchev–Trinajstić information content (AvgIpc) is 2.63. The van der Waals surface area contributed by atoms with Crippen molar-refractivity contribution < 1.29 is 23.8 Å². The molecule has 24 heavy (non-hydrogen) atoms. The molecule has 2 aromatic carbocycles. The van der Waals surface area contributed by atoms with Crippen LogP contribution in [0.1, 0.15) is 37.4 Å². The molecule has 0 N–H and O–H groups in total. The van der Waals surface area contributed by atoms with Crippen LogP contribution < -0.4 is 14.2 Å². The first-order valence-electron chi connectivity index (χ1n) is 7.19. The van der Waals surface area contributed by atoms with E-state index in [9.17, 15) is 9.59 Å². The summed E-state index contributed by atoms with van der Waals surface area (Å²) in [6.45, 7) is 0. The summed E-state index contributed by atoms with van der Waals surface area (Å²) in [5.41, 5.74) is 1.73. The number of benzene rings is 2. The fraction of sp³-hybridized carbons (Fsp3) is 0.222. The topological polar surface area (TPSA) is 61.8 Å². The Labute approximate surface area is 147 Å². The molecule has 124 valence electrons. The summed E-state index contributed by atoms with van der Waals surface area (Å²) < 4.78 is 16.1. The molecule has 0 saturated carbocycles. The Morgan fingerprint density at radius 2 is 1.58 bits per heavy atom. The van der Waals surface area contributed by atoms with Gasteiger partial charge >= 0.3 is 0 Å². The molecule has 0 fully saturated rings. The van der Waals surface area contributed by atoms with Gasteiger partial charge < -0.3 is 14.2 Å². The number of alkyl halides is 1. The smallest absolute Gasteiger partial charge is 0.202 e. The molecule has 0 amide bonds. The number of fused-ring (bicyclic) bond motifs is 2. The van der Waals surface area contributed by atoms with Crippen LogP contribution in [0.3, 0.4) is 0 Å². The third-order valence-corrected chi connectivity index (χ3v) is 4.66. The van der Waals surface area contributed by atoms with E-state index >= 15 is 0 Å². The summed E-state index contributed by atoms with van der Waals surface area (Å²) in [6, 6.07) is 6.67. The van der Waals surface area contributed by atoms with Gasteiger partial charge in [0.2, 0.25) is 5.78 Å². The molecule has 0 saturated heterocycles. The van der Waals surface area contributed by atoms with Gasteiger partial charge in [-0.15, -0.1) is 0 Å². The van der Waals surface area contributed by atoms with Gasteiger partial charge in [0.25, 0.3) is 0 Å². The molecule has 2 aromatic rings. The van der Waals surface area contributed by atoms with Crippen LogP contribution in [0.4, 0.5) is 0 Å². The van der Waals surface area contributed by atoms with Crippen molar-refractivity contribution in [3.63, 3.8) is 0 Å². The summed E-state index contributed by atoms with van der Waals surface area (Å²) in [7, 11) is 4.41. The molecule has 1 aliphatic rings. The van der Waals surface area contributed by atoms with E-state index in [-0.39, 0.29) is 28.3 Å². The molecule has 3 rings (SSSR count). The second-order valence-corrected chi connectivity index (χ2v) is 5.76. The number of ketones is 2. The highest BCUT2D eigenvalue weighted by atomic mass is 79.9. The highest BCUT2D eigenvalue weighted by Gasteiger charge is 2.38. The number of rotatable bonds is 4. The molecule has 1 aliphatic carbocycles. The van der Waals surface area contributed by atoms with Crippen molar-refractivity contribution in [1.82, 2.24) is 0 Å². The first-order valence-corrected chi connectivity index (χ1v) is 8.31. The number of methoxy groups -OCH3 is 3. The molecular weight excluding hydrogens is 376 g/mol. The second-order valence-electron chi connectivity index (χ2n) is 5.20. The fourth-order valence-electron chi connectivity index (χ4n) is 3.01. The van der Waals surface area contributed by atoms with E-state index in [0.29, 0.717) is 28.1 Å². The van der Waals surface area contributed by atoms with Crippen LogP contribution in [0, 0.1) is 0 Å². The highest BCUT2D eigenvalue weighted by molar-refractivity contribution is 9.08. The number of ether oxygens (including phenoxy) is 3. The summed E-state index contributed by atoms with van der Waals surface area (Å²) in [6.07, 6.45) is 0. The molecule has 0 spiro atoms. The molecule has 0 atom stereocenters. The van der Waals surface area contributed by atoms with E-state index in [0.717, 1.165) is 5.56 Å². The Kier molecular flexibility index (Phi) is 4.32. The van der Waals surface area contributed by atoms with Crippen LogP contribution >= 0.6 is 15.9 Å². The number of halogens is 1. The minimum Gasteiger partial charge on any atom is -0.496 e. The molecule has 0 aromatic heterocycles. The summed E-state index contributed by atoms with van der Waals surface area (Å²) in [5.74, 6) is 0.496. The lowest BCUT2D eigenvalue weighted by atomic mass is 9.81. The van der Waals surface area contributed by atoms with Gasteiger partial charge in [-0.3, -0.25) is 9.59 Å². The van der Waals surface area contributed by atoms with Crippen LogP contribution in [-0.4, -0.2) is 32.9 Å². The Hall–Kier alpha value is -2.34. The Morgan fingerprint density at radius 3 is 2.17 bits per heavy atom. The van der Waals surface area contributed by atoms with Gasteiger partial charge in [0.15, 0.2) is 5.78 Å². The van der Waals surface area contributed by atoms with Gasteiger partial charge in [0.1, 0.15) is 17.2 Å². The van der Waals surface area contributed by atoms with Crippen LogP contribution in [-0.2, 0) is 5.33 Å². The van der Waals surface area contributed by atoms with Crippen LogP contribution in [0.15, 0.2) is 24.3 Å². The third-order valence-electron chi connectivity index (χ3n) is 4.06. The highest BCUT2D eigenvalue weighted by Crippen LogP contribution is 2.43. The van der Waals surface area contributed by atoms with E-state index in [1.165, 1.54) is 21.3 Å². The number of carbonyl (C=O) groups is 2. The normalized spacial score (nSPS) is 12.5. The maximum Gasteiger partial charge on any atom is 0.202 e. The molecule has 0 radical (unpaired) electrons. The van der Waals surface area contributed by atoms with Gasteiger partial charge in [0.05, 0.1) is 38.0 Å². The van der Waals surface area contributed by atoms with Gasteiger partial charge in [-0.2, -0.15) is 0 Å². The Morgan fingerprint density at radius 1 is 0.875 bits per heavy atom. The first kappa shape index (κ1) is 16.5. The Balaban J connectivity index is 2.41. The predicted molar refractivity (Wildman–Crippen MR) is 92.0 cm³/mol. The van der Waals surface area contributed by atoms with Crippen molar-refractivity contribution in [1.29, 1.82) is 0 Å². The van der Waals surface area contributed by atoms with Crippen molar-refractivity contribution in [3.05, 3.63) is 52.1 Å². The number of carbonyl (C=O) groups excluding carboxylic acids is 2. The number of hydrogen-bond donors (Lipinski definition) is 0. The minimum absolute atomic E-state index is 0.216. The molecule has 6 heteroatoms. The van der Waals surface area contributed by atoms with Crippen molar-refractivity contribution in [2.24, 2.45) is 0 Å². The quantitative estimate of drug-likeness (QED) is 0.639. The van der Waals surface area contributed by atoms with Crippen LogP contribution in [0.25, 0.3) is 0 Å². The van der Waals surface area contributed by atoms with Crippen molar-refractivity contribution >= 4 is 27.5 Å². The average molecular weight is 391 g/mol. The lowest BCUT2D eigenvalue weighted by molar-refractivity contribution is 0.0971. The molecular formula is C18H15BrO5. The summed E-state index contributed by atoms with van der Waals surface area (Å²) in [5, 5.41) is 0.458. The second kappa shape index (κ2) is 6.28. The van der Waals surface area contributed by atoms with Crippen molar-refractivity contribution in [2.75, 3.05) is 21.3 Å². The minimum atomic E-state index is -0.310. The van der Waals surface area contributed by atoms with Crippen LogP contribution in [0.5, 0.6) is 17.2 Å². The lowest BCUT2D eigenvalue weighted by Crippen LogP contribution is -2.24. The maximum atomic E-state index is 13.2. The zero-order valence-corrected chi connectivity index (χ0v) is 15.0. The van der Waals surface area contributed by atoms with Gasteiger partial charge in [-0.25, -0.2) is 0 Å². The van der Waals surface area contributed by atoms with Gasteiger partial charge in [0, 0.05) is 16.5 Å². The number of hydrogen-bond acceptors (Lipinski definition) is 5.